The highest BCUT2D eigenvalue weighted by Gasteiger charge is 2.45. The first kappa shape index (κ1) is 23.2. The zero-order valence-corrected chi connectivity index (χ0v) is 20.4. The van der Waals surface area contributed by atoms with Gasteiger partial charge in [0.2, 0.25) is 0 Å². The summed E-state index contributed by atoms with van der Waals surface area (Å²) >= 11 is 0. The van der Waals surface area contributed by atoms with Crippen molar-refractivity contribution in [2.24, 2.45) is 11.3 Å². The van der Waals surface area contributed by atoms with Crippen molar-refractivity contribution in [3.05, 3.63) is 53.3 Å². The number of amides is 1. The number of carbonyl (C=O) groups is 1. The highest BCUT2D eigenvalue weighted by molar-refractivity contribution is 5.70. The van der Waals surface area contributed by atoms with Gasteiger partial charge in [-0.15, -0.1) is 0 Å². The lowest BCUT2D eigenvalue weighted by Crippen LogP contribution is -2.53. The van der Waals surface area contributed by atoms with E-state index in [1.165, 1.54) is 18.7 Å². The highest BCUT2D eigenvalue weighted by Crippen LogP contribution is 2.51. The molecule has 6 rings (SSSR count). The number of ether oxygens (including phenoxy) is 2. The van der Waals surface area contributed by atoms with Crippen LogP contribution < -0.4 is 10.1 Å². The number of hydrogen-bond donors (Lipinski definition) is 1. The number of hydrogen-bond acceptors (Lipinski definition) is 4. The molecule has 3 fully saturated rings. The molecular formula is C28H35FN2O3. The van der Waals surface area contributed by atoms with Crippen molar-refractivity contribution in [2.75, 3.05) is 26.7 Å². The molecule has 3 saturated heterocycles. The molecule has 0 aromatic heterocycles. The largest absolute Gasteiger partial charge is 0.497 e. The smallest absolute Gasteiger partial charge is 0.407 e. The molecule has 1 N–H and O–H groups in total. The molecule has 2 bridgehead atoms. The Bertz CT molecular complexity index is 1060. The predicted octanol–water partition coefficient (Wildman–Crippen LogP) is 5.73. The van der Waals surface area contributed by atoms with Crippen LogP contribution >= 0.6 is 0 Å². The van der Waals surface area contributed by atoms with E-state index in [9.17, 15) is 9.18 Å². The van der Waals surface area contributed by atoms with Gasteiger partial charge in [0, 0.05) is 18.2 Å². The Morgan fingerprint density at radius 2 is 1.91 bits per heavy atom. The molecule has 6 heteroatoms. The van der Waals surface area contributed by atoms with Gasteiger partial charge < -0.3 is 14.8 Å². The van der Waals surface area contributed by atoms with E-state index in [1.807, 2.05) is 6.07 Å². The summed E-state index contributed by atoms with van der Waals surface area (Å²) in [6.07, 6.45) is 4.64. The Morgan fingerprint density at radius 3 is 2.53 bits per heavy atom. The summed E-state index contributed by atoms with van der Waals surface area (Å²) in [5, 5.41) is 3.25. The van der Waals surface area contributed by atoms with Gasteiger partial charge in [-0.2, -0.15) is 0 Å². The third kappa shape index (κ3) is 4.06. The molecule has 5 nitrogen and oxygen atoms in total. The summed E-state index contributed by atoms with van der Waals surface area (Å²) in [5.74, 6) is 0.685. The fourth-order valence-corrected chi connectivity index (χ4v) is 6.35. The van der Waals surface area contributed by atoms with Crippen LogP contribution in [0.5, 0.6) is 5.75 Å². The molecule has 3 aliphatic heterocycles. The van der Waals surface area contributed by atoms with Crippen molar-refractivity contribution in [2.45, 2.75) is 58.1 Å². The van der Waals surface area contributed by atoms with E-state index in [1.54, 1.807) is 12.1 Å². The molecule has 0 saturated carbocycles. The van der Waals surface area contributed by atoms with Gasteiger partial charge in [-0.25, -0.2) is 9.18 Å². The van der Waals surface area contributed by atoms with E-state index in [-0.39, 0.29) is 29.5 Å². The van der Waals surface area contributed by atoms with E-state index in [0.717, 1.165) is 62.9 Å². The average molecular weight is 467 g/mol. The lowest BCUT2D eigenvalue weighted by atomic mass is 9.76. The second-order valence-electron chi connectivity index (χ2n) is 10.2. The molecule has 1 aliphatic carbocycles. The van der Waals surface area contributed by atoms with Crippen molar-refractivity contribution >= 4 is 6.09 Å². The number of rotatable bonds is 6. The summed E-state index contributed by atoms with van der Waals surface area (Å²) in [6.45, 7) is 7.46. The van der Waals surface area contributed by atoms with Gasteiger partial charge in [0.15, 0.2) is 0 Å². The Kier molecular flexibility index (Phi) is 6.28. The summed E-state index contributed by atoms with van der Waals surface area (Å²) in [6, 6.07) is 10.9. The van der Waals surface area contributed by atoms with Crippen LogP contribution in [0, 0.1) is 17.2 Å². The monoisotopic (exact) mass is 466 g/mol. The first-order valence-corrected chi connectivity index (χ1v) is 12.6. The standard InChI is InChI=1S/C28H35FN2O3/c1-4-28(5-2)16-20-14-19(22-9-7-21(33-3)15-24(22)29)6-8-23(20)26(28)30-27(32)34-25-17-31-12-10-18(25)11-13-31/h6-9,14-15,18,25-26H,4-5,10-13,16-17H2,1-3H3,(H,30,32)/t25-,26?/m0/s1. The van der Waals surface area contributed by atoms with E-state index in [2.05, 4.69) is 36.2 Å². The third-order valence-electron chi connectivity index (χ3n) is 8.62. The van der Waals surface area contributed by atoms with Crippen LogP contribution in [0.25, 0.3) is 11.1 Å². The topological polar surface area (TPSA) is 50.8 Å². The minimum atomic E-state index is -0.312. The minimum Gasteiger partial charge on any atom is -0.497 e. The number of methoxy groups -OCH3 is 1. The second kappa shape index (κ2) is 9.21. The van der Waals surface area contributed by atoms with E-state index < -0.39 is 0 Å². The minimum absolute atomic E-state index is 0.0125. The molecule has 0 spiro atoms. The average Bonchev–Trinajstić information content (AvgIpc) is 3.17. The second-order valence-corrected chi connectivity index (χ2v) is 10.2. The highest BCUT2D eigenvalue weighted by atomic mass is 19.1. The number of nitrogens with zero attached hydrogens (tertiary/aromatic N) is 1. The molecule has 2 aromatic rings. The summed E-state index contributed by atoms with van der Waals surface area (Å²) < 4.78 is 25.8. The quantitative estimate of drug-likeness (QED) is 0.591. The maximum atomic E-state index is 14.7. The Balaban J connectivity index is 1.39. The van der Waals surface area contributed by atoms with Gasteiger partial charge in [0.1, 0.15) is 17.7 Å². The normalized spacial score (nSPS) is 26.7. The molecule has 2 atom stereocenters. The zero-order chi connectivity index (χ0) is 23.9. The molecule has 3 heterocycles. The first-order chi connectivity index (χ1) is 16.5. The van der Waals surface area contributed by atoms with Gasteiger partial charge >= 0.3 is 6.09 Å². The van der Waals surface area contributed by atoms with Crippen molar-refractivity contribution in [3.8, 4) is 16.9 Å². The van der Waals surface area contributed by atoms with E-state index >= 15 is 0 Å². The van der Waals surface area contributed by atoms with Crippen molar-refractivity contribution in [1.82, 2.24) is 10.2 Å². The Hall–Kier alpha value is -2.60. The summed E-state index contributed by atoms with van der Waals surface area (Å²) in [5.41, 5.74) is 3.61. The van der Waals surface area contributed by atoms with Gasteiger partial charge in [0.25, 0.3) is 0 Å². The molecule has 1 amide bonds. The Morgan fingerprint density at radius 1 is 1.15 bits per heavy atom. The summed E-state index contributed by atoms with van der Waals surface area (Å²) in [4.78, 5) is 15.4. The lowest BCUT2D eigenvalue weighted by Gasteiger charge is -2.44. The number of piperidine rings is 3. The van der Waals surface area contributed by atoms with Crippen LogP contribution in [0.15, 0.2) is 36.4 Å². The Labute approximate surface area is 201 Å². The van der Waals surface area contributed by atoms with Crippen LogP contribution in [0.2, 0.25) is 0 Å². The third-order valence-corrected chi connectivity index (χ3v) is 8.62. The molecule has 2 aromatic carbocycles. The van der Waals surface area contributed by atoms with Crippen LogP contribution in [-0.4, -0.2) is 43.8 Å². The molecule has 1 unspecified atom stereocenters. The molecular weight excluding hydrogens is 431 g/mol. The number of fused-ring (bicyclic) bond motifs is 4. The number of benzene rings is 2. The number of halogens is 1. The van der Waals surface area contributed by atoms with Crippen molar-refractivity contribution in [1.29, 1.82) is 0 Å². The van der Waals surface area contributed by atoms with Gasteiger partial charge in [-0.05, 0) is 85.3 Å². The number of nitrogens with one attached hydrogen (secondary N) is 1. The van der Waals surface area contributed by atoms with Crippen molar-refractivity contribution < 1.29 is 18.7 Å². The number of alkyl carbamates (subject to hydrolysis) is 1. The van der Waals surface area contributed by atoms with E-state index in [0.29, 0.717) is 17.2 Å². The maximum Gasteiger partial charge on any atom is 0.407 e. The van der Waals surface area contributed by atoms with Gasteiger partial charge in [-0.1, -0.05) is 32.0 Å². The molecule has 0 radical (unpaired) electrons. The van der Waals surface area contributed by atoms with Crippen LogP contribution in [-0.2, 0) is 11.2 Å². The zero-order valence-electron chi connectivity index (χ0n) is 20.4. The lowest BCUT2D eigenvalue weighted by molar-refractivity contribution is -0.0353. The SMILES string of the molecule is CCC1(CC)Cc2cc(-c3ccc(OC)cc3F)ccc2C1NC(=O)O[C@H]1CN2CCC1CC2. The first-order valence-electron chi connectivity index (χ1n) is 12.6. The number of carbonyl (C=O) groups excluding carboxylic acids is 1. The van der Waals surface area contributed by atoms with Gasteiger partial charge in [-0.3, -0.25) is 4.90 Å². The molecule has 4 aliphatic rings. The van der Waals surface area contributed by atoms with E-state index in [4.69, 9.17) is 9.47 Å². The molecule has 34 heavy (non-hydrogen) atoms. The molecule has 182 valence electrons. The predicted molar refractivity (Wildman–Crippen MR) is 130 cm³/mol. The maximum absolute atomic E-state index is 14.7. The van der Waals surface area contributed by atoms with Crippen LogP contribution in [0.3, 0.4) is 0 Å². The van der Waals surface area contributed by atoms with Crippen molar-refractivity contribution in [3.63, 3.8) is 0 Å². The summed E-state index contributed by atoms with van der Waals surface area (Å²) in [7, 11) is 1.54. The fraction of sp³-hybridized carbons (Fsp3) is 0.536. The van der Waals surface area contributed by atoms with Gasteiger partial charge in [0.05, 0.1) is 13.2 Å². The van der Waals surface area contributed by atoms with Crippen LogP contribution in [0.4, 0.5) is 9.18 Å². The van der Waals surface area contributed by atoms with Crippen LogP contribution in [0.1, 0.15) is 56.7 Å². The fourth-order valence-electron chi connectivity index (χ4n) is 6.35.